The Bertz CT molecular complexity index is 617. The summed E-state index contributed by atoms with van der Waals surface area (Å²) in [7, 11) is 1.56. The van der Waals surface area contributed by atoms with Crippen LogP contribution in [-0.2, 0) is 0 Å². The minimum absolute atomic E-state index is 0.134. The van der Waals surface area contributed by atoms with Crippen molar-refractivity contribution in [3.8, 4) is 17.2 Å². The molecule has 2 aromatic rings. The molecule has 2 rings (SSSR count). The molecule has 2 N–H and O–H groups in total. The molecule has 1 unspecified atom stereocenters. The molecule has 0 aliphatic heterocycles. The zero-order valence-electron chi connectivity index (χ0n) is 11.2. The molecule has 0 heterocycles. The molecule has 2 aromatic carbocycles. The zero-order valence-corrected chi connectivity index (χ0v) is 12.8. The van der Waals surface area contributed by atoms with Crippen molar-refractivity contribution in [2.75, 3.05) is 7.11 Å². The van der Waals surface area contributed by atoms with E-state index in [1.165, 1.54) is 6.07 Å². The van der Waals surface area contributed by atoms with E-state index < -0.39 is 5.82 Å². The summed E-state index contributed by atoms with van der Waals surface area (Å²) in [5.41, 5.74) is 6.65. The second-order valence-corrected chi connectivity index (χ2v) is 5.25. The normalized spacial score (nSPS) is 12.1. The van der Waals surface area contributed by atoms with Crippen molar-refractivity contribution in [2.45, 2.75) is 13.0 Å². The van der Waals surface area contributed by atoms with Crippen LogP contribution in [-0.4, -0.2) is 7.11 Å². The Hall–Kier alpha value is -1.59. The van der Waals surface area contributed by atoms with Gasteiger partial charge in [0.05, 0.1) is 12.7 Å². The van der Waals surface area contributed by atoms with Gasteiger partial charge < -0.3 is 15.2 Å². The molecule has 3 nitrogen and oxygen atoms in total. The minimum Gasteiger partial charge on any atom is -0.496 e. The summed E-state index contributed by atoms with van der Waals surface area (Å²) in [5, 5.41) is 0. The first-order chi connectivity index (χ1) is 9.52. The maximum atomic E-state index is 13.8. The number of nitrogens with two attached hydrogens (primary N) is 1. The predicted octanol–water partition coefficient (Wildman–Crippen LogP) is 4.41. The highest BCUT2D eigenvalue weighted by Gasteiger charge is 2.16. The summed E-state index contributed by atoms with van der Waals surface area (Å²) in [6.45, 7) is 1.82. The number of benzene rings is 2. The van der Waals surface area contributed by atoms with E-state index in [1.54, 1.807) is 37.4 Å². The summed E-state index contributed by atoms with van der Waals surface area (Å²) in [5.74, 6) is 0.797. The number of ether oxygens (including phenoxy) is 2. The summed E-state index contributed by atoms with van der Waals surface area (Å²) in [4.78, 5) is 0. The first kappa shape index (κ1) is 14.8. The van der Waals surface area contributed by atoms with Gasteiger partial charge in [-0.3, -0.25) is 0 Å². The molecule has 0 saturated heterocycles. The highest BCUT2D eigenvalue weighted by Crippen LogP contribution is 2.36. The quantitative estimate of drug-likeness (QED) is 0.897. The van der Waals surface area contributed by atoms with E-state index in [9.17, 15) is 4.39 Å². The molecule has 0 aliphatic carbocycles. The van der Waals surface area contributed by atoms with Gasteiger partial charge in [0, 0.05) is 10.5 Å². The maximum absolute atomic E-state index is 13.8. The highest BCUT2D eigenvalue weighted by molar-refractivity contribution is 9.10. The van der Waals surface area contributed by atoms with Crippen molar-refractivity contribution >= 4 is 15.9 Å². The van der Waals surface area contributed by atoms with Crippen molar-refractivity contribution in [3.05, 3.63) is 52.3 Å². The lowest BCUT2D eigenvalue weighted by atomic mass is 10.1. The van der Waals surface area contributed by atoms with Crippen molar-refractivity contribution in [1.29, 1.82) is 0 Å². The summed E-state index contributed by atoms with van der Waals surface area (Å²) >= 11 is 3.29. The van der Waals surface area contributed by atoms with Crippen molar-refractivity contribution in [1.82, 2.24) is 0 Å². The molecule has 0 radical (unpaired) electrons. The lowest BCUT2D eigenvalue weighted by molar-refractivity contribution is 0.393. The van der Waals surface area contributed by atoms with E-state index in [-0.39, 0.29) is 11.8 Å². The monoisotopic (exact) mass is 339 g/mol. The van der Waals surface area contributed by atoms with Crippen LogP contribution in [0, 0.1) is 5.82 Å². The third-order valence-electron chi connectivity index (χ3n) is 2.81. The van der Waals surface area contributed by atoms with Gasteiger partial charge in [0.15, 0.2) is 11.6 Å². The molecule has 0 saturated carbocycles. The third-order valence-corrected chi connectivity index (χ3v) is 3.31. The topological polar surface area (TPSA) is 44.5 Å². The van der Waals surface area contributed by atoms with Crippen LogP contribution in [0.4, 0.5) is 4.39 Å². The van der Waals surface area contributed by atoms with E-state index in [0.29, 0.717) is 17.1 Å². The Morgan fingerprint density at radius 1 is 1.15 bits per heavy atom. The van der Waals surface area contributed by atoms with Crippen LogP contribution >= 0.6 is 15.9 Å². The standard InChI is InChI=1S/C15H15BrFNO2/c1-9(18)15-12(19-2)4-3-5-13(15)20-14-8-10(16)6-7-11(14)17/h3-9H,18H2,1-2H3. The SMILES string of the molecule is COc1cccc(Oc2cc(Br)ccc2F)c1C(C)N. The lowest BCUT2D eigenvalue weighted by Crippen LogP contribution is -2.09. The van der Waals surface area contributed by atoms with Crippen molar-refractivity contribution in [3.63, 3.8) is 0 Å². The molecule has 0 bridgehead atoms. The van der Waals surface area contributed by atoms with Crippen molar-refractivity contribution < 1.29 is 13.9 Å². The van der Waals surface area contributed by atoms with Gasteiger partial charge in [-0.1, -0.05) is 22.0 Å². The molecule has 1 atom stereocenters. The Kier molecular flexibility index (Phi) is 4.62. The largest absolute Gasteiger partial charge is 0.496 e. The van der Waals surface area contributed by atoms with Gasteiger partial charge in [-0.05, 0) is 37.3 Å². The molecule has 0 spiro atoms. The van der Waals surface area contributed by atoms with Gasteiger partial charge in [-0.25, -0.2) is 4.39 Å². The summed E-state index contributed by atoms with van der Waals surface area (Å²) in [6.07, 6.45) is 0. The second kappa shape index (κ2) is 6.24. The van der Waals surface area contributed by atoms with E-state index in [4.69, 9.17) is 15.2 Å². The number of methoxy groups -OCH3 is 1. The fourth-order valence-electron chi connectivity index (χ4n) is 1.91. The van der Waals surface area contributed by atoms with Crippen molar-refractivity contribution in [2.24, 2.45) is 5.73 Å². The molecule has 20 heavy (non-hydrogen) atoms. The van der Waals surface area contributed by atoms with E-state index in [2.05, 4.69) is 15.9 Å². The van der Waals surface area contributed by atoms with Crippen LogP contribution in [0.25, 0.3) is 0 Å². The lowest BCUT2D eigenvalue weighted by Gasteiger charge is -2.17. The van der Waals surface area contributed by atoms with Crippen LogP contribution in [0.15, 0.2) is 40.9 Å². The van der Waals surface area contributed by atoms with E-state index in [0.717, 1.165) is 4.47 Å². The fourth-order valence-corrected chi connectivity index (χ4v) is 2.25. The van der Waals surface area contributed by atoms with Gasteiger partial charge in [0.1, 0.15) is 11.5 Å². The van der Waals surface area contributed by atoms with E-state index in [1.807, 2.05) is 6.92 Å². The Balaban J connectivity index is 2.45. The van der Waals surface area contributed by atoms with Crippen LogP contribution < -0.4 is 15.2 Å². The predicted molar refractivity (Wildman–Crippen MR) is 79.8 cm³/mol. The number of halogens is 2. The van der Waals surface area contributed by atoms with Gasteiger partial charge in [0.2, 0.25) is 0 Å². The zero-order chi connectivity index (χ0) is 14.7. The molecule has 0 amide bonds. The van der Waals surface area contributed by atoms with Gasteiger partial charge >= 0.3 is 0 Å². The van der Waals surface area contributed by atoms with Crippen LogP contribution in [0.2, 0.25) is 0 Å². The first-order valence-corrected chi connectivity index (χ1v) is 6.87. The number of hydrogen-bond acceptors (Lipinski definition) is 3. The molecule has 106 valence electrons. The number of hydrogen-bond donors (Lipinski definition) is 1. The second-order valence-electron chi connectivity index (χ2n) is 4.34. The average Bonchev–Trinajstić information content (AvgIpc) is 2.42. The average molecular weight is 340 g/mol. The smallest absolute Gasteiger partial charge is 0.165 e. The molecular weight excluding hydrogens is 325 g/mol. The van der Waals surface area contributed by atoms with Gasteiger partial charge in [0.25, 0.3) is 0 Å². The van der Waals surface area contributed by atoms with Crippen LogP contribution in [0.3, 0.4) is 0 Å². The molecular formula is C15H15BrFNO2. The molecule has 0 aromatic heterocycles. The molecule has 0 aliphatic rings. The minimum atomic E-state index is -0.438. The molecule has 5 heteroatoms. The Morgan fingerprint density at radius 2 is 1.85 bits per heavy atom. The summed E-state index contributed by atoms with van der Waals surface area (Å²) < 4.78 is 25.4. The molecule has 0 fully saturated rings. The maximum Gasteiger partial charge on any atom is 0.165 e. The number of rotatable bonds is 4. The van der Waals surface area contributed by atoms with Crippen LogP contribution in [0.1, 0.15) is 18.5 Å². The van der Waals surface area contributed by atoms with Gasteiger partial charge in [-0.2, -0.15) is 0 Å². The van der Waals surface area contributed by atoms with E-state index >= 15 is 0 Å². The Morgan fingerprint density at radius 3 is 2.50 bits per heavy atom. The van der Waals surface area contributed by atoms with Gasteiger partial charge in [-0.15, -0.1) is 0 Å². The highest BCUT2D eigenvalue weighted by atomic mass is 79.9. The Labute approximate surface area is 125 Å². The summed E-state index contributed by atoms with van der Waals surface area (Å²) in [6, 6.07) is 9.53. The fraction of sp³-hybridized carbons (Fsp3) is 0.200. The first-order valence-electron chi connectivity index (χ1n) is 6.08. The third kappa shape index (κ3) is 3.11. The van der Waals surface area contributed by atoms with Crippen LogP contribution in [0.5, 0.6) is 17.2 Å².